The molecule has 2 amide bonds. The third-order valence-corrected chi connectivity index (χ3v) is 7.91. The molecule has 5 rings (SSSR count). The highest BCUT2D eigenvalue weighted by Gasteiger charge is 2.33. The van der Waals surface area contributed by atoms with E-state index < -0.39 is 0 Å². The summed E-state index contributed by atoms with van der Waals surface area (Å²) in [5.74, 6) is 0. The minimum atomic E-state index is -0.0891. The SMILES string of the molecule is Cc1ccc(NC(=O)N2Cc3c(sc4c3CCCC4)-n3cccc3[C@@H]2C)cc1Cl. The van der Waals surface area contributed by atoms with Crippen LogP contribution in [0.4, 0.5) is 10.5 Å². The number of benzene rings is 1. The van der Waals surface area contributed by atoms with Gasteiger partial charge < -0.3 is 14.8 Å². The Kier molecular flexibility index (Phi) is 4.67. The highest BCUT2D eigenvalue weighted by molar-refractivity contribution is 7.15. The fourth-order valence-corrected chi connectivity index (χ4v) is 6.06. The van der Waals surface area contributed by atoms with E-state index in [2.05, 4.69) is 35.1 Å². The molecule has 1 aliphatic heterocycles. The van der Waals surface area contributed by atoms with E-state index in [0.29, 0.717) is 11.6 Å². The number of urea groups is 1. The molecule has 150 valence electrons. The van der Waals surface area contributed by atoms with Gasteiger partial charge in [-0.2, -0.15) is 0 Å². The van der Waals surface area contributed by atoms with Gasteiger partial charge in [0.15, 0.2) is 0 Å². The second-order valence-electron chi connectivity index (χ2n) is 8.00. The number of halogens is 1. The highest BCUT2D eigenvalue weighted by Crippen LogP contribution is 2.42. The molecule has 0 saturated carbocycles. The van der Waals surface area contributed by atoms with Crippen molar-refractivity contribution in [1.82, 2.24) is 9.47 Å². The fourth-order valence-electron chi connectivity index (χ4n) is 4.47. The van der Waals surface area contributed by atoms with Gasteiger partial charge in [-0.05, 0) is 74.9 Å². The Balaban J connectivity index is 1.53. The van der Waals surface area contributed by atoms with Gasteiger partial charge in [-0.1, -0.05) is 17.7 Å². The van der Waals surface area contributed by atoms with E-state index in [1.807, 2.05) is 41.4 Å². The predicted molar refractivity (Wildman–Crippen MR) is 119 cm³/mol. The summed E-state index contributed by atoms with van der Waals surface area (Å²) in [5.41, 5.74) is 5.68. The van der Waals surface area contributed by atoms with Crippen LogP contribution in [0.5, 0.6) is 0 Å². The lowest BCUT2D eigenvalue weighted by atomic mass is 9.95. The Labute approximate surface area is 180 Å². The second-order valence-corrected chi connectivity index (χ2v) is 9.49. The van der Waals surface area contributed by atoms with Crippen molar-refractivity contribution in [1.29, 1.82) is 0 Å². The van der Waals surface area contributed by atoms with Crippen LogP contribution in [-0.4, -0.2) is 15.5 Å². The summed E-state index contributed by atoms with van der Waals surface area (Å²) in [6.45, 7) is 4.70. The molecule has 1 aliphatic carbocycles. The molecule has 3 heterocycles. The van der Waals surface area contributed by atoms with Gasteiger partial charge in [0.2, 0.25) is 0 Å². The van der Waals surface area contributed by atoms with Gasteiger partial charge in [0.1, 0.15) is 5.00 Å². The van der Waals surface area contributed by atoms with Gasteiger partial charge >= 0.3 is 6.03 Å². The molecule has 0 unspecified atom stereocenters. The first-order chi connectivity index (χ1) is 14.0. The number of nitrogens with zero attached hydrogens (tertiary/aromatic N) is 2. The lowest BCUT2D eigenvalue weighted by Gasteiger charge is -2.28. The number of aromatic nitrogens is 1. The predicted octanol–water partition coefficient (Wildman–Crippen LogP) is 6.49. The van der Waals surface area contributed by atoms with Crippen molar-refractivity contribution in [2.75, 3.05) is 5.32 Å². The third-order valence-electron chi connectivity index (χ3n) is 6.17. The van der Waals surface area contributed by atoms with Gasteiger partial charge in [-0.25, -0.2) is 4.79 Å². The minimum Gasteiger partial charge on any atom is -0.312 e. The number of nitrogens with one attached hydrogen (secondary N) is 1. The molecule has 4 nitrogen and oxygen atoms in total. The quantitative estimate of drug-likeness (QED) is 0.475. The summed E-state index contributed by atoms with van der Waals surface area (Å²) < 4.78 is 2.29. The number of hydrogen-bond donors (Lipinski definition) is 1. The maximum atomic E-state index is 13.3. The largest absolute Gasteiger partial charge is 0.322 e. The van der Waals surface area contributed by atoms with Crippen molar-refractivity contribution < 1.29 is 4.79 Å². The number of fused-ring (bicyclic) bond motifs is 5. The van der Waals surface area contributed by atoms with Gasteiger partial charge in [0, 0.05) is 33.0 Å². The van der Waals surface area contributed by atoms with E-state index in [1.165, 1.54) is 33.8 Å². The molecular weight excluding hydrogens is 402 g/mol. The zero-order chi connectivity index (χ0) is 20.1. The van der Waals surface area contributed by atoms with Crippen LogP contribution in [0.2, 0.25) is 5.02 Å². The van der Waals surface area contributed by atoms with E-state index in [9.17, 15) is 4.79 Å². The molecular formula is C23H24ClN3OS. The molecule has 0 spiro atoms. The normalized spacial score (nSPS) is 17.9. The van der Waals surface area contributed by atoms with Crippen LogP contribution in [0.15, 0.2) is 36.5 Å². The lowest BCUT2D eigenvalue weighted by Crippen LogP contribution is -2.36. The van der Waals surface area contributed by atoms with E-state index in [0.717, 1.165) is 29.8 Å². The van der Waals surface area contributed by atoms with Gasteiger partial charge in [-0.15, -0.1) is 11.3 Å². The van der Waals surface area contributed by atoms with Crippen molar-refractivity contribution in [3.63, 3.8) is 0 Å². The summed E-state index contributed by atoms with van der Waals surface area (Å²) in [7, 11) is 0. The molecule has 1 atom stereocenters. The molecule has 29 heavy (non-hydrogen) atoms. The number of anilines is 1. The van der Waals surface area contributed by atoms with Crippen LogP contribution >= 0.6 is 22.9 Å². The highest BCUT2D eigenvalue weighted by atomic mass is 35.5. The Hall–Kier alpha value is -2.24. The monoisotopic (exact) mass is 425 g/mol. The maximum absolute atomic E-state index is 13.3. The standard InChI is InChI=1S/C23H24ClN3OS/c1-14-9-10-16(12-19(14)24)25-23(28)27-13-18-17-6-3-4-8-21(17)29-22(18)26-11-5-7-20(26)15(27)2/h5,7,9-12,15H,3-4,6,8,13H2,1-2H3,(H,25,28)/t15-/m0/s1. The molecule has 0 fully saturated rings. The molecule has 1 N–H and O–H groups in total. The molecule has 6 heteroatoms. The van der Waals surface area contributed by atoms with E-state index in [-0.39, 0.29) is 12.1 Å². The van der Waals surface area contributed by atoms with Crippen molar-refractivity contribution in [3.05, 3.63) is 68.8 Å². The summed E-state index contributed by atoms with van der Waals surface area (Å²) in [6, 6.07) is 9.75. The Morgan fingerprint density at radius 1 is 1.21 bits per heavy atom. The summed E-state index contributed by atoms with van der Waals surface area (Å²) in [6.07, 6.45) is 6.91. The molecule has 1 aromatic carbocycles. The lowest BCUT2D eigenvalue weighted by molar-refractivity contribution is 0.189. The van der Waals surface area contributed by atoms with Crippen LogP contribution in [0, 0.1) is 6.92 Å². The maximum Gasteiger partial charge on any atom is 0.322 e. The van der Waals surface area contributed by atoms with Crippen LogP contribution in [0.1, 0.15) is 53.1 Å². The van der Waals surface area contributed by atoms with E-state index in [4.69, 9.17) is 11.6 Å². The zero-order valence-corrected chi connectivity index (χ0v) is 18.2. The number of carbonyl (C=O) groups is 1. The molecule has 0 saturated heterocycles. The van der Waals surface area contributed by atoms with Crippen LogP contribution in [0.3, 0.4) is 0 Å². The Bertz CT molecular complexity index is 1100. The van der Waals surface area contributed by atoms with E-state index >= 15 is 0 Å². The number of rotatable bonds is 1. The smallest absolute Gasteiger partial charge is 0.312 e. The topological polar surface area (TPSA) is 37.3 Å². The number of carbonyl (C=O) groups excluding carboxylic acids is 1. The van der Waals surface area contributed by atoms with Crippen molar-refractivity contribution in [3.8, 4) is 5.00 Å². The van der Waals surface area contributed by atoms with Gasteiger partial charge in [0.05, 0.1) is 12.6 Å². The molecule has 0 radical (unpaired) electrons. The van der Waals surface area contributed by atoms with Crippen molar-refractivity contribution in [2.45, 2.75) is 52.1 Å². The molecule has 2 aromatic heterocycles. The summed E-state index contributed by atoms with van der Waals surface area (Å²) in [4.78, 5) is 16.8. The van der Waals surface area contributed by atoms with Gasteiger partial charge in [0.25, 0.3) is 0 Å². The zero-order valence-electron chi connectivity index (χ0n) is 16.7. The molecule has 3 aromatic rings. The van der Waals surface area contributed by atoms with Crippen LogP contribution < -0.4 is 5.32 Å². The Morgan fingerprint density at radius 3 is 2.86 bits per heavy atom. The van der Waals surface area contributed by atoms with Crippen molar-refractivity contribution >= 4 is 34.7 Å². The van der Waals surface area contributed by atoms with Crippen LogP contribution in [-0.2, 0) is 19.4 Å². The van der Waals surface area contributed by atoms with Crippen molar-refractivity contribution in [2.24, 2.45) is 0 Å². The first-order valence-electron chi connectivity index (χ1n) is 10.2. The second kappa shape index (κ2) is 7.22. The Morgan fingerprint density at radius 2 is 2.03 bits per heavy atom. The summed E-state index contributed by atoms with van der Waals surface area (Å²) >= 11 is 8.16. The average Bonchev–Trinajstić information content (AvgIpc) is 3.30. The van der Waals surface area contributed by atoms with Crippen LogP contribution in [0.25, 0.3) is 5.00 Å². The number of amides is 2. The fraction of sp³-hybridized carbons (Fsp3) is 0.348. The first kappa shape index (κ1) is 18.8. The minimum absolute atomic E-state index is 0.0234. The summed E-state index contributed by atoms with van der Waals surface area (Å²) in [5, 5.41) is 5.01. The van der Waals surface area contributed by atoms with E-state index in [1.54, 1.807) is 0 Å². The molecule has 0 bridgehead atoms. The number of thiophene rings is 1. The number of aryl methyl sites for hydroxylation is 2. The average molecular weight is 426 g/mol. The van der Waals surface area contributed by atoms with Gasteiger partial charge in [-0.3, -0.25) is 0 Å². The third kappa shape index (κ3) is 3.17. The first-order valence-corrected chi connectivity index (χ1v) is 11.4. The molecule has 2 aliphatic rings. The number of hydrogen-bond acceptors (Lipinski definition) is 2.